The number of hydrogen-bond acceptors (Lipinski definition) is 8. The third-order valence-electron chi connectivity index (χ3n) is 8.82. The fraction of sp³-hybridized carbons (Fsp3) is 0.306. The molecule has 1 aliphatic carbocycles. The van der Waals surface area contributed by atoms with Gasteiger partial charge < -0.3 is 21.1 Å². The Morgan fingerprint density at radius 2 is 1.81 bits per heavy atom. The highest BCUT2D eigenvalue weighted by Gasteiger charge is 2.22. The van der Waals surface area contributed by atoms with E-state index in [0.717, 1.165) is 70.4 Å². The van der Waals surface area contributed by atoms with Crippen molar-refractivity contribution in [3.63, 3.8) is 0 Å². The molecular weight excluding hydrogens is 614 g/mol. The van der Waals surface area contributed by atoms with E-state index in [-0.39, 0.29) is 17.5 Å². The first kappa shape index (κ1) is 32.2. The number of pyridine rings is 2. The van der Waals surface area contributed by atoms with Gasteiger partial charge in [0.2, 0.25) is 11.8 Å². The molecule has 47 heavy (non-hydrogen) atoms. The number of fused-ring (bicyclic) bond motifs is 2. The lowest BCUT2D eigenvalue weighted by molar-refractivity contribution is -0.119. The molecule has 1 aliphatic heterocycles. The number of carbonyl (C=O) groups excluding carboxylic acids is 1. The van der Waals surface area contributed by atoms with Crippen molar-refractivity contribution < 1.29 is 9.53 Å². The zero-order valence-electron chi connectivity index (χ0n) is 27.0. The van der Waals surface area contributed by atoms with Crippen LogP contribution in [0.2, 0.25) is 5.02 Å². The number of amides is 1. The van der Waals surface area contributed by atoms with E-state index in [1.807, 2.05) is 56.3 Å². The van der Waals surface area contributed by atoms with Gasteiger partial charge in [-0.05, 0) is 74.4 Å². The lowest BCUT2D eigenvalue weighted by Crippen LogP contribution is -2.32. The van der Waals surface area contributed by atoms with Crippen LogP contribution in [0.15, 0.2) is 59.5 Å². The predicted molar refractivity (Wildman–Crippen MR) is 186 cm³/mol. The Morgan fingerprint density at radius 3 is 2.53 bits per heavy atom. The predicted octanol–water partition coefficient (Wildman–Crippen LogP) is 5.79. The van der Waals surface area contributed by atoms with Crippen molar-refractivity contribution >= 4 is 39.8 Å². The number of methoxy groups -OCH3 is 1. The Hall–Kier alpha value is -4.80. The highest BCUT2D eigenvalue weighted by atomic mass is 35.5. The van der Waals surface area contributed by atoms with E-state index in [0.29, 0.717) is 35.1 Å². The van der Waals surface area contributed by atoms with Gasteiger partial charge in [0.05, 0.1) is 29.4 Å². The van der Waals surface area contributed by atoms with Gasteiger partial charge >= 0.3 is 0 Å². The second kappa shape index (κ2) is 13.5. The molecule has 5 aromatic rings. The van der Waals surface area contributed by atoms with Crippen molar-refractivity contribution in [1.82, 2.24) is 25.1 Å². The first-order valence-corrected chi connectivity index (χ1v) is 16.1. The lowest BCUT2D eigenvalue weighted by atomic mass is 9.96. The first-order valence-electron chi connectivity index (χ1n) is 15.7. The fourth-order valence-corrected chi connectivity index (χ4v) is 6.64. The molecule has 1 atom stereocenters. The lowest BCUT2D eigenvalue weighted by Gasteiger charge is -2.17. The topological polar surface area (TPSA) is 137 Å². The van der Waals surface area contributed by atoms with E-state index in [9.17, 15) is 9.59 Å². The maximum Gasteiger partial charge on any atom is 0.278 e. The Kier molecular flexibility index (Phi) is 9.24. The minimum atomic E-state index is -0.204. The molecule has 1 saturated heterocycles. The third-order valence-corrected chi connectivity index (χ3v) is 9.23. The fourth-order valence-electron chi connectivity index (χ4n) is 6.31. The van der Waals surface area contributed by atoms with Crippen molar-refractivity contribution in [3.05, 3.63) is 92.5 Å². The molecule has 1 unspecified atom stereocenters. The number of aromatic nitrogens is 4. The van der Waals surface area contributed by atoms with E-state index in [4.69, 9.17) is 27.1 Å². The minimum absolute atomic E-state index is 0.139. The summed E-state index contributed by atoms with van der Waals surface area (Å²) in [5.41, 5.74) is 13.7. The Balaban J connectivity index is 0.000000424. The quantitative estimate of drug-likeness (QED) is 0.210. The summed E-state index contributed by atoms with van der Waals surface area (Å²) in [5.74, 6) is 1.33. The van der Waals surface area contributed by atoms with Gasteiger partial charge in [-0.2, -0.15) is 5.10 Å². The average Bonchev–Trinajstić information content (AvgIpc) is 3.72. The van der Waals surface area contributed by atoms with E-state index < -0.39 is 0 Å². The van der Waals surface area contributed by atoms with Gasteiger partial charge in [-0.3, -0.25) is 9.59 Å². The average molecular weight is 652 g/mol. The van der Waals surface area contributed by atoms with Crippen LogP contribution >= 0.6 is 11.6 Å². The molecule has 4 heterocycles. The van der Waals surface area contributed by atoms with E-state index >= 15 is 0 Å². The number of rotatable bonds is 6. The normalized spacial score (nSPS) is 15.2. The molecule has 0 radical (unpaired) electrons. The Labute approximate surface area is 278 Å². The van der Waals surface area contributed by atoms with E-state index in [1.165, 1.54) is 15.8 Å². The standard InChI is InChI=1S/C31H28ClN5O2.C5H10N2O/c1-17-14-20-16-33-37(3)31(38)27(20)29(34-17)35-25-13-7-9-21(18(25)2)23-11-6-12-24(28(23)32)26-15-19-8-5-10-22(19)30(36-26)39-4;6-3-4-1-2-5(8)7-4/h6-7,9,11-16H,5,8,10H2,1-4H3,(H,34,35);4H,1-3,6H2,(H,7,8). The molecule has 0 saturated carbocycles. The van der Waals surface area contributed by atoms with Gasteiger partial charge in [-0.25, -0.2) is 14.6 Å². The molecule has 1 fully saturated rings. The number of anilines is 2. The second-order valence-electron chi connectivity index (χ2n) is 12.0. The smallest absolute Gasteiger partial charge is 0.278 e. The molecule has 242 valence electrons. The van der Waals surface area contributed by atoms with Crippen LogP contribution in [-0.4, -0.2) is 45.4 Å². The van der Waals surface area contributed by atoms with E-state index in [2.05, 4.69) is 26.8 Å². The molecule has 1 amide bonds. The number of nitrogens with zero attached hydrogens (tertiary/aromatic N) is 4. The first-order chi connectivity index (χ1) is 22.7. The number of nitrogens with two attached hydrogens (primary N) is 1. The number of benzene rings is 2. The molecule has 2 aromatic carbocycles. The van der Waals surface area contributed by atoms with Crippen LogP contribution in [-0.2, 0) is 24.7 Å². The third kappa shape index (κ3) is 6.43. The van der Waals surface area contributed by atoms with Crippen LogP contribution in [0, 0.1) is 13.8 Å². The van der Waals surface area contributed by atoms with Crippen LogP contribution in [0.5, 0.6) is 5.88 Å². The molecule has 7 rings (SSSR count). The summed E-state index contributed by atoms with van der Waals surface area (Å²) in [4.78, 5) is 32.9. The molecular formula is C36H38ClN7O3. The molecule has 0 bridgehead atoms. The van der Waals surface area contributed by atoms with Crippen molar-refractivity contribution in [1.29, 1.82) is 0 Å². The van der Waals surface area contributed by atoms with Crippen LogP contribution in [0.4, 0.5) is 11.5 Å². The number of carbonyl (C=O) groups is 1. The molecule has 0 spiro atoms. The maximum absolute atomic E-state index is 12.9. The largest absolute Gasteiger partial charge is 0.481 e. The molecule has 11 heteroatoms. The number of ether oxygens (including phenoxy) is 1. The molecule has 3 aromatic heterocycles. The highest BCUT2D eigenvalue weighted by Crippen LogP contribution is 2.41. The monoisotopic (exact) mass is 651 g/mol. The highest BCUT2D eigenvalue weighted by molar-refractivity contribution is 6.36. The Bertz CT molecular complexity index is 2060. The molecule has 10 nitrogen and oxygen atoms in total. The zero-order valence-corrected chi connectivity index (χ0v) is 27.7. The summed E-state index contributed by atoms with van der Waals surface area (Å²) in [6.45, 7) is 4.51. The van der Waals surface area contributed by atoms with E-state index in [1.54, 1.807) is 20.4 Å². The number of hydrogen-bond donors (Lipinski definition) is 3. The van der Waals surface area contributed by atoms with Gasteiger partial charge in [-0.1, -0.05) is 41.9 Å². The van der Waals surface area contributed by atoms with Crippen molar-refractivity contribution in [2.45, 2.75) is 52.0 Å². The van der Waals surface area contributed by atoms with Gasteiger partial charge in [0.1, 0.15) is 5.82 Å². The second-order valence-corrected chi connectivity index (χ2v) is 12.3. The van der Waals surface area contributed by atoms with Crippen LogP contribution < -0.4 is 26.7 Å². The van der Waals surface area contributed by atoms with Crippen molar-refractivity contribution in [3.8, 4) is 28.3 Å². The van der Waals surface area contributed by atoms with Gasteiger partial charge in [0.15, 0.2) is 0 Å². The summed E-state index contributed by atoms with van der Waals surface area (Å²) in [6, 6.07) is 16.3. The van der Waals surface area contributed by atoms with Crippen LogP contribution in [0.3, 0.4) is 0 Å². The van der Waals surface area contributed by atoms with Gasteiger partial charge in [-0.15, -0.1) is 0 Å². The maximum atomic E-state index is 12.9. The summed E-state index contributed by atoms with van der Waals surface area (Å²) < 4.78 is 6.94. The minimum Gasteiger partial charge on any atom is -0.481 e. The van der Waals surface area contributed by atoms with Gasteiger partial charge in [0.25, 0.3) is 5.56 Å². The van der Waals surface area contributed by atoms with Gasteiger partial charge in [0, 0.05) is 59.5 Å². The summed E-state index contributed by atoms with van der Waals surface area (Å²) in [7, 11) is 3.31. The Morgan fingerprint density at radius 1 is 1.04 bits per heavy atom. The number of nitrogens with one attached hydrogen (secondary N) is 2. The van der Waals surface area contributed by atoms with Crippen LogP contribution in [0.25, 0.3) is 33.2 Å². The van der Waals surface area contributed by atoms with Crippen LogP contribution in [0.1, 0.15) is 41.6 Å². The summed E-state index contributed by atoms with van der Waals surface area (Å²) >= 11 is 7.08. The van der Waals surface area contributed by atoms with Crippen molar-refractivity contribution in [2.24, 2.45) is 12.8 Å². The SMILES string of the molecule is COc1nc(-c2cccc(-c3cccc(Nc4nc(C)cc5cnn(C)c(=O)c45)c3C)c2Cl)cc2c1CCC2.NCC1CCC(=O)N1. The number of halogens is 1. The number of aryl methyl sites for hydroxylation is 3. The zero-order chi connectivity index (χ0) is 33.2. The van der Waals surface area contributed by atoms with Crippen molar-refractivity contribution in [2.75, 3.05) is 19.0 Å². The summed E-state index contributed by atoms with van der Waals surface area (Å²) in [5, 5.41) is 12.2. The summed E-state index contributed by atoms with van der Waals surface area (Å²) in [6.07, 6.45) is 6.38. The molecule has 4 N–H and O–H groups in total. The molecule has 2 aliphatic rings.